The van der Waals surface area contributed by atoms with Crippen molar-refractivity contribution in [1.82, 2.24) is 0 Å². The minimum atomic E-state index is -0.534. The summed E-state index contributed by atoms with van der Waals surface area (Å²) in [6.07, 6.45) is 5.29. The van der Waals surface area contributed by atoms with Gasteiger partial charge in [0.15, 0.2) is 11.5 Å². The highest BCUT2D eigenvalue weighted by atomic mass is 32.2. The molecule has 3 aliphatic rings. The van der Waals surface area contributed by atoms with Gasteiger partial charge < -0.3 is 20.1 Å². The van der Waals surface area contributed by atoms with E-state index in [1.54, 1.807) is 6.07 Å². The van der Waals surface area contributed by atoms with E-state index >= 15 is 0 Å². The molecule has 1 spiro atoms. The number of carbonyl (C=O) groups is 2. The Bertz CT molecular complexity index is 971. The van der Waals surface area contributed by atoms with Gasteiger partial charge in [-0.25, -0.2) is 0 Å². The van der Waals surface area contributed by atoms with Gasteiger partial charge in [-0.1, -0.05) is 18.6 Å². The van der Waals surface area contributed by atoms with E-state index in [4.69, 9.17) is 9.47 Å². The first-order valence-corrected chi connectivity index (χ1v) is 10.9. The second-order valence-electron chi connectivity index (χ2n) is 7.68. The monoisotopic (exact) mass is 410 g/mol. The van der Waals surface area contributed by atoms with E-state index < -0.39 is 11.0 Å². The van der Waals surface area contributed by atoms with Crippen LogP contribution < -0.4 is 20.1 Å². The van der Waals surface area contributed by atoms with Crippen LogP contribution in [0.5, 0.6) is 11.5 Å². The molecular weight excluding hydrogens is 388 g/mol. The number of nitrogens with one attached hydrogen (secondary N) is 2. The minimum absolute atomic E-state index is 0.100. The van der Waals surface area contributed by atoms with Gasteiger partial charge >= 0.3 is 0 Å². The van der Waals surface area contributed by atoms with Crippen molar-refractivity contribution < 1.29 is 19.1 Å². The summed E-state index contributed by atoms with van der Waals surface area (Å²) >= 11 is 1.42. The molecule has 1 aliphatic carbocycles. The molecule has 2 aromatic rings. The largest absolute Gasteiger partial charge is 0.448 e. The smallest absolute Gasteiger partial charge is 0.251 e. The van der Waals surface area contributed by atoms with Gasteiger partial charge in [0.2, 0.25) is 11.8 Å². The molecule has 2 aromatic carbocycles. The quantitative estimate of drug-likeness (QED) is 0.776. The van der Waals surface area contributed by atoms with Crippen molar-refractivity contribution in [3.05, 3.63) is 42.5 Å². The van der Waals surface area contributed by atoms with Crippen LogP contribution in [0.2, 0.25) is 0 Å². The highest BCUT2D eigenvalue weighted by Crippen LogP contribution is 2.46. The van der Waals surface area contributed by atoms with Crippen molar-refractivity contribution in [1.29, 1.82) is 0 Å². The number of carbonyl (C=O) groups excluding carboxylic acids is 2. The number of rotatable bonds is 3. The summed E-state index contributed by atoms with van der Waals surface area (Å²) in [6, 6.07) is 13.1. The molecule has 2 heterocycles. The van der Waals surface area contributed by atoms with Gasteiger partial charge in [-0.05, 0) is 37.1 Å². The molecule has 150 valence electrons. The summed E-state index contributed by atoms with van der Waals surface area (Å²) in [4.78, 5) is 25.9. The van der Waals surface area contributed by atoms with Crippen LogP contribution in [0.25, 0.3) is 0 Å². The van der Waals surface area contributed by atoms with Crippen molar-refractivity contribution in [3.8, 4) is 11.5 Å². The fraction of sp³-hybridized carbons (Fsp3) is 0.364. The van der Waals surface area contributed by atoms with E-state index in [-0.39, 0.29) is 18.2 Å². The number of fused-ring (bicyclic) bond motifs is 2. The maximum Gasteiger partial charge on any atom is 0.251 e. The molecule has 1 saturated carbocycles. The van der Waals surface area contributed by atoms with Crippen LogP contribution in [0.4, 0.5) is 11.4 Å². The Morgan fingerprint density at radius 3 is 2.76 bits per heavy atom. The van der Waals surface area contributed by atoms with Crippen molar-refractivity contribution in [2.24, 2.45) is 0 Å². The summed E-state index contributed by atoms with van der Waals surface area (Å²) in [5, 5.41) is 5.30. The fourth-order valence-corrected chi connectivity index (χ4v) is 5.18. The molecule has 2 aliphatic heterocycles. The number of thioether (sulfide) groups is 1. The van der Waals surface area contributed by atoms with Gasteiger partial charge in [0.05, 0.1) is 10.9 Å². The minimum Gasteiger partial charge on any atom is -0.448 e. The van der Waals surface area contributed by atoms with Gasteiger partial charge in [0.25, 0.3) is 5.79 Å². The Labute approximate surface area is 173 Å². The average molecular weight is 410 g/mol. The maximum absolute atomic E-state index is 12.6. The Morgan fingerprint density at radius 2 is 1.90 bits per heavy atom. The third-order valence-electron chi connectivity index (χ3n) is 5.51. The zero-order valence-corrected chi connectivity index (χ0v) is 16.7. The lowest BCUT2D eigenvalue weighted by atomic mass is 9.94. The molecule has 7 heteroatoms. The number of amides is 2. The molecule has 1 atom stereocenters. The van der Waals surface area contributed by atoms with Crippen molar-refractivity contribution in [2.75, 3.05) is 10.6 Å². The zero-order chi connectivity index (χ0) is 19.8. The van der Waals surface area contributed by atoms with Crippen LogP contribution in [0, 0.1) is 0 Å². The normalized spacial score (nSPS) is 21.4. The lowest BCUT2D eigenvalue weighted by Gasteiger charge is -2.31. The first kappa shape index (κ1) is 18.4. The first-order chi connectivity index (χ1) is 14.1. The third-order valence-corrected chi connectivity index (χ3v) is 6.79. The Balaban J connectivity index is 1.23. The molecule has 2 amide bonds. The number of anilines is 2. The standard InChI is InChI=1S/C22H22N2O4S/c25-20(13-19-21(26)24-15-6-2-3-7-18(15)29-19)23-14-8-9-16-17(12-14)28-22(27-16)10-4-1-5-11-22/h2-3,6-9,12,19H,1,4-5,10-11,13H2,(H,23,25)(H,24,26)/t19-/m0/s1. The molecule has 0 radical (unpaired) electrons. The van der Waals surface area contributed by atoms with Crippen LogP contribution in [-0.4, -0.2) is 22.9 Å². The van der Waals surface area contributed by atoms with Crippen molar-refractivity contribution >= 4 is 35.0 Å². The van der Waals surface area contributed by atoms with E-state index in [0.29, 0.717) is 11.4 Å². The molecule has 6 nitrogen and oxygen atoms in total. The summed E-state index contributed by atoms with van der Waals surface area (Å²) in [5.74, 6) is 0.511. The SMILES string of the molecule is O=C(C[C@@H]1Sc2ccccc2NC1=O)Nc1ccc2c(c1)OC1(CCCCC1)O2. The molecule has 5 rings (SSSR count). The molecular formula is C22H22N2O4S. The fourth-order valence-electron chi connectivity index (χ4n) is 4.07. The second kappa shape index (κ2) is 7.30. The highest BCUT2D eigenvalue weighted by Gasteiger charge is 2.42. The predicted molar refractivity (Wildman–Crippen MR) is 111 cm³/mol. The topological polar surface area (TPSA) is 76.7 Å². The Morgan fingerprint density at radius 1 is 1.10 bits per heavy atom. The molecule has 29 heavy (non-hydrogen) atoms. The lowest BCUT2D eigenvalue weighted by molar-refractivity contribution is -0.120. The molecule has 1 fully saturated rings. The summed E-state index contributed by atoms with van der Waals surface area (Å²) in [7, 11) is 0. The molecule has 0 bridgehead atoms. The van der Waals surface area contributed by atoms with Crippen LogP contribution in [-0.2, 0) is 9.59 Å². The van der Waals surface area contributed by atoms with E-state index in [1.165, 1.54) is 18.2 Å². The number of ether oxygens (including phenoxy) is 2. The van der Waals surface area contributed by atoms with Gasteiger partial charge in [0, 0.05) is 35.9 Å². The van der Waals surface area contributed by atoms with Gasteiger partial charge in [0.1, 0.15) is 0 Å². The molecule has 0 aromatic heterocycles. The van der Waals surface area contributed by atoms with Crippen LogP contribution >= 0.6 is 11.8 Å². The van der Waals surface area contributed by atoms with Gasteiger partial charge in [-0.2, -0.15) is 0 Å². The first-order valence-electron chi connectivity index (χ1n) is 9.99. The van der Waals surface area contributed by atoms with Crippen LogP contribution in [0.1, 0.15) is 38.5 Å². The Hall–Kier alpha value is -2.67. The highest BCUT2D eigenvalue weighted by molar-refractivity contribution is 8.01. The molecule has 0 saturated heterocycles. The number of benzene rings is 2. The molecule has 0 unspecified atom stereocenters. The zero-order valence-electron chi connectivity index (χ0n) is 15.9. The lowest BCUT2D eigenvalue weighted by Crippen LogP contribution is -2.40. The van der Waals surface area contributed by atoms with Gasteiger partial charge in [-0.3, -0.25) is 9.59 Å². The number of hydrogen-bond donors (Lipinski definition) is 2. The van der Waals surface area contributed by atoms with Gasteiger partial charge in [-0.15, -0.1) is 11.8 Å². The summed E-state index contributed by atoms with van der Waals surface area (Å²) < 4.78 is 12.2. The number of para-hydroxylation sites is 1. The van der Waals surface area contributed by atoms with Crippen LogP contribution in [0.3, 0.4) is 0 Å². The maximum atomic E-state index is 12.6. The molecule has 2 N–H and O–H groups in total. The third kappa shape index (κ3) is 3.67. The number of hydrogen-bond acceptors (Lipinski definition) is 5. The van der Waals surface area contributed by atoms with E-state index in [9.17, 15) is 9.59 Å². The van der Waals surface area contributed by atoms with E-state index in [2.05, 4.69) is 10.6 Å². The van der Waals surface area contributed by atoms with Crippen molar-refractivity contribution in [3.63, 3.8) is 0 Å². The average Bonchev–Trinajstić information content (AvgIpc) is 3.05. The van der Waals surface area contributed by atoms with Crippen molar-refractivity contribution in [2.45, 2.75) is 54.5 Å². The van der Waals surface area contributed by atoms with E-state index in [1.807, 2.05) is 36.4 Å². The predicted octanol–water partition coefficient (Wildman–Crippen LogP) is 4.56. The summed E-state index contributed by atoms with van der Waals surface area (Å²) in [6.45, 7) is 0. The summed E-state index contributed by atoms with van der Waals surface area (Å²) in [5.41, 5.74) is 1.44. The Kier molecular flexibility index (Phi) is 4.62. The van der Waals surface area contributed by atoms with Crippen LogP contribution in [0.15, 0.2) is 47.4 Å². The second-order valence-corrected chi connectivity index (χ2v) is 8.93. The van der Waals surface area contributed by atoms with E-state index in [0.717, 1.165) is 42.0 Å².